The fraction of sp³-hybridized carbons (Fsp3) is 0.103. The number of hydrogen-bond donors (Lipinski definition) is 3. The number of esters is 1. The maximum atomic E-state index is 13.5. The summed E-state index contributed by atoms with van der Waals surface area (Å²) < 4.78 is 34.1. The largest absolute Gasteiger partial charge is 0.461 e. The van der Waals surface area contributed by atoms with Crippen molar-refractivity contribution < 1.29 is 23.2 Å². The van der Waals surface area contributed by atoms with Crippen molar-refractivity contribution in [3.05, 3.63) is 108 Å². The van der Waals surface area contributed by atoms with E-state index in [1.54, 1.807) is 78.2 Å². The standard InChI is InChI=1S/C29H25N3O5S/c1-2-37-29(33)27-16-20-12-13-21(28(30)31-34)17-26(20)32(27)18-22-15-24(14-19-8-6-7-11-25(19)22)38(35,36)23-9-4-3-5-10-23/h3-17,34H,2,18H2,1H3,(H2,30,31). The van der Waals surface area contributed by atoms with Gasteiger partial charge in [-0.25, -0.2) is 13.2 Å². The number of rotatable bonds is 7. The Kier molecular flexibility index (Phi) is 6.71. The zero-order valence-corrected chi connectivity index (χ0v) is 21.3. The van der Waals surface area contributed by atoms with Gasteiger partial charge in [-0.2, -0.15) is 0 Å². The molecule has 0 saturated heterocycles. The molecule has 5 aromatic rings. The quantitative estimate of drug-likeness (QED) is 0.116. The Morgan fingerprint density at radius 1 is 0.921 bits per heavy atom. The third kappa shape index (κ3) is 4.53. The molecule has 192 valence electrons. The minimum Gasteiger partial charge on any atom is -0.461 e. The van der Waals surface area contributed by atoms with E-state index in [-0.39, 0.29) is 28.8 Å². The van der Waals surface area contributed by atoms with E-state index >= 15 is 0 Å². The first kappa shape index (κ1) is 25.2. The first-order valence-electron chi connectivity index (χ1n) is 11.9. The van der Waals surface area contributed by atoms with Crippen LogP contribution in [-0.2, 0) is 21.1 Å². The second-order valence-electron chi connectivity index (χ2n) is 8.72. The van der Waals surface area contributed by atoms with Gasteiger partial charge in [0.2, 0.25) is 9.84 Å². The summed E-state index contributed by atoms with van der Waals surface area (Å²) in [5, 5.41) is 19.5. The Morgan fingerprint density at radius 2 is 1.66 bits per heavy atom. The predicted octanol–water partition coefficient (Wildman–Crippen LogP) is 5.16. The molecule has 4 aromatic carbocycles. The molecule has 5 rings (SSSR count). The molecule has 0 bridgehead atoms. The fourth-order valence-electron chi connectivity index (χ4n) is 4.57. The number of benzene rings is 4. The number of carbonyl (C=O) groups is 1. The average molecular weight is 528 g/mol. The van der Waals surface area contributed by atoms with Crippen molar-refractivity contribution >= 4 is 43.3 Å². The van der Waals surface area contributed by atoms with Crippen LogP contribution in [0.15, 0.2) is 101 Å². The van der Waals surface area contributed by atoms with E-state index in [9.17, 15) is 18.4 Å². The molecule has 3 N–H and O–H groups in total. The summed E-state index contributed by atoms with van der Waals surface area (Å²) in [5.41, 5.74) is 3.88. The molecule has 9 heteroatoms. The molecule has 0 aliphatic carbocycles. The summed E-state index contributed by atoms with van der Waals surface area (Å²) >= 11 is 0. The van der Waals surface area contributed by atoms with E-state index < -0.39 is 15.8 Å². The highest BCUT2D eigenvalue weighted by atomic mass is 32.2. The van der Waals surface area contributed by atoms with E-state index in [0.717, 1.165) is 16.2 Å². The van der Waals surface area contributed by atoms with Crippen LogP contribution in [0.4, 0.5) is 0 Å². The lowest BCUT2D eigenvalue weighted by molar-refractivity contribution is 0.0515. The highest BCUT2D eigenvalue weighted by Gasteiger charge is 2.22. The van der Waals surface area contributed by atoms with Crippen LogP contribution in [0.5, 0.6) is 0 Å². The molecule has 38 heavy (non-hydrogen) atoms. The minimum absolute atomic E-state index is 0.151. The monoisotopic (exact) mass is 527 g/mol. The summed E-state index contributed by atoms with van der Waals surface area (Å²) in [5.74, 6) is -0.711. The lowest BCUT2D eigenvalue weighted by atomic mass is 10.0. The molecule has 8 nitrogen and oxygen atoms in total. The van der Waals surface area contributed by atoms with Crippen molar-refractivity contribution in [2.45, 2.75) is 23.3 Å². The van der Waals surface area contributed by atoms with Crippen molar-refractivity contribution in [2.24, 2.45) is 0 Å². The van der Waals surface area contributed by atoms with E-state index in [1.165, 1.54) is 0 Å². The van der Waals surface area contributed by atoms with Gasteiger partial charge in [-0.15, -0.1) is 0 Å². The molecule has 0 unspecified atom stereocenters. The van der Waals surface area contributed by atoms with E-state index in [4.69, 9.17) is 10.1 Å². The Labute approximate surface area is 219 Å². The smallest absolute Gasteiger partial charge is 0.354 e. The number of nitrogens with zero attached hydrogens (tertiary/aromatic N) is 1. The summed E-state index contributed by atoms with van der Waals surface area (Å²) in [6.07, 6.45) is 0. The van der Waals surface area contributed by atoms with Gasteiger partial charge in [0.15, 0.2) is 0 Å². The number of hydrogen-bond acceptors (Lipinski definition) is 6. The van der Waals surface area contributed by atoms with E-state index in [1.807, 2.05) is 29.7 Å². The number of carbonyl (C=O) groups excluding carboxylic acids is 1. The second kappa shape index (κ2) is 10.1. The van der Waals surface area contributed by atoms with Crippen LogP contribution in [0.2, 0.25) is 0 Å². The summed E-state index contributed by atoms with van der Waals surface area (Å²) in [6.45, 7) is 2.08. The first-order chi connectivity index (χ1) is 18.3. The van der Waals surface area contributed by atoms with Crippen molar-refractivity contribution in [2.75, 3.05) is 6.61 Å². The predicted molar refractivity (Wildman–Crippen MR) is 145 cm³/mol. The fourth-order valence-corrected chi connectivity index (χ4v) is 5.94. The zero-order valence-electron chi connectivity index (χ0n) is 20.5. The topological polar surface area (TPSA) is 121 Å². The van der Waals surface area contributed by atoms with E-state index in [0.29, 0.717) is 22.3 Å². The van der Waals surface area contributed by atoms with Gasteiger partial charge in [0.25, 0.3) is 0 Å². The normalized spacial score (nSPS) is 11.5. The van der Waals surface area contributed by atoms with Crippen molar-refractivity contribution in [3.8, 4) is 0 Å². The van der Waals surface area contributed by atoms with Gasteiger partial charge in [0, 0.05) is 23.0 Å². The van der Waals surface area contributed by atoms with Gasteiger partial charge in [-0.3, -0.25) is 16.1 Å². The average Bonchev–Trinajstić information content (AvgIpc) is 3.30. The van der Waals surface area contributed by atoms with Gasteiger partial charge in [0.05, 0.1) is 16.4 Å². The molecule has 0 spiro atoms. The number of hydroxylamine groups is 1. The summed E-state index contributed by atoms with van der Waals surface area (Å²) in [6, 6.07) is 25.9. The summed E-state index contributed by atoms with van der Waals surface area (Å²) in [7, 11) is -3.80. The number of ether oxygens (including phenoxy) is 1. The molecule has 1 aromatic heterocycles. The molecule has 0 saturated carbocycles. The zero-order chi connectivity index (χ0) is 26.9. The second-order valence-corrected chi connectivity index (χ2v) is 10.7. The Morgan fingerprint density at radius 3 is 2.39 bits per heavy atom. The molecule has 0 radical (unpaired) electrons. The Balaban J connectivity index is 1.73. The highest BCUT2D eigenvalue weighted by molar-refractivity contribution is 7.91. The van der Waals surface area contributed by atoms with Crippen LogP contribution in [0.25, 0.3) is 21.7 Å². The van der Waals surface area contributed by atoms with Crippen LogP contribution in [-0.4, -0.2) is 36.6 Å². The lowest BCUT2D eigenvalue weighted by Gasteiger charge is -2.15. The van der Waals surface area contributed by atoms with Gasteiger partial charge in [-0.1, -0.05) is 54.6 Å². The van der Waals surface area contributed by atoms with Crippen LogP contribution >= 0.6 is 0 Å². The van der Waals surface area contributed by atoms with Gasteiger partial charge < -0.3 is 9.30 Å². The van der Waals surface area contributed by atoms with Crippen molar-refractivity contribution in [1.29, 1.82) is 5.41 Å². The maximum absolute atomic E-state index is 13.5. The molecule has 0 fully saturated rings. The SMILES string of the molecule is CCOC(=O)c1cc2ccc(C(=N)NO)cc2n1Cc1cc(S(=O)(=O)c2ccccc2)cc2ccccc12. The van der Waals surface area contributed by atoms with Crippen molar-refractivity contribution in [3.63, 3.8) is 0 Å². The van der Waals surface area contributed by atoms with Gasteiger partial charge in [0.1, 0.15) is 11.5 Å². The highest BCUT2D eigenvalue weighted by Crippen LogP contribution is 2.30. The maximum Gasteiger partial charge on any atom is 0.354 e. The number of fused-ring (bicyclic) bond motifs is 2. The molecular weight excluding hydrogens is 502 g/mol. The minimum atomic E-state index is -3.80. The number of nitrogens with one attached hydrogen (secondary N) is 2. The van der Waals surface area contributed by atoms with Crippen LogP contribution in [0, 0.1) is 5.41 Å². The van der Waals surface area contributed by atoms with Gasteiger partial charge in [-0.05, 0) is 59.7 Å². The number of amidine groups is 1. The Bertz CT molecular complexity index is 1790. The first-order valence-corrected chi connectivity index (χ1v) is 13.4. The van der Waals surface area contributed by atoms with Crippen LogP contribution < -0.4 is 5.48 Å². The van der Waals surface area contributed by atoms with Crippen LogP contribution in [0.1, 0.15) is 28.5 Å². The number of aromatic nitrogens is 1. The lowest BCUT2D eigenvalue weighted by Crippen LogP contribution is -2.18. The molecule has 0 amide bonds. The number of sulfone groups is 1. The molecule has 1 heterocycles. The van der Waals surface area contributed by atoms with Crippen molar-refractivity contribution in [1.82, 2.24) is 10.0 Å². The third-order valence-electron chi connectivity index (χ3n) is 6.40. The van der Waals surface area contributed by atoms with Crippen LogP contribution in [0.3, 0.4) is 0 Å². The molecule has 0 aliphatic rings. The van der Waals surface area contributed by atoms with Gasteiger partial charge >= 0.3 is 5.97 Å². The molecule has 0 aliphatic heterocycles. The molecular formula is C29H25N3O5S. The Hall–Kier alpha value is -4.47. The molecule has 0 atom stereocenters. The van der Waals surface area contributed by atoms with E-state index in [2.05, 4.69) is 0 Å². The summed E-state index contributed by atoms with van der Waals surface area (Å²) in [4.78, 5) is 13.3. The third-order valence-corrected chi connectivity index (χ3v) is 8.15.